The molecule has 0 radical (unpaired) electrons. The number of ether oxygens (including phenoxy) is 1. The maximum atomic E-state index is 13.7. The van der Waals surface area contributed by atoms with Gasteiger partial charge in [-0.1, -0.05) is 67.7 Å². The summed E-state index contributed by atoms with van der Waals surface area (Å²) in [5.74, 6) is -0.128. The van der Waals surface area contributed by atoms with Gasteiger partial charge in [0, 0.05) is 13.1 Å². The largest absolute Gasteiger partial charge is 0.497 e. The molecule has 0 aliphatic rings. The van der Waals surface area contributed by atoms with E-state index in [1.165, 1.54) is 24.1 Å². The highest BCUT2D eigenvalue weighted by Crippen LogP contribution is 2.35. The smallest absolute Gasteiger partial charge is 0.244 e. The predicted octanol–water partition coefficient (Wildman–Crippen LogP) is 5.00. The quantitative estimate of drug-likeness (QED) is 0.350. The highest BCUT2D eigenvalue weighted by atomic mass is 35.5. The van der Waals surface area contributed by atoms with E-state index in [2.05, 4.69) is 5.32 Å². The molecule has 0 aromatic heterocycles. The fourth-order valence-corrected chi connectivity index (χ4v) is 5.15. The van der Waals surface area contributed by atoms with Crippen molar-refractivity contribution >= 4 is 62.3 Å². The number of carbonyl (C=O) groups is 2. The Bertz CT molecular complexity index is 1220. The Morgan fingerprint density at radius 2 is 1.70 bits per heavy atom. The van der Waals surface area contributed by atoms with Gasteiger partial charge in [-0.25, -0.2) is 8.42 Å². The molecule has 0 spiro atoms. The first-order chi connectivity index (χ1) is 17.3. The molecule has 1 atom stereocenters. The lowest BCUT2D eigenvalue weighted by Gasteiger charge is -2.33. The van der Waals surface area contributed by atoms with Crippen LogP contribution in [0.15, 0.2) is 36.4 Å². The molecule has 2 amide bonds. The van der Waals surface area contributed by atoms with E-state index in [9.17, 15) is 18.0 Å². The maximum absolute atomic E-state index is 13.7. The highest BCUT2D eigenvalue weighted by Gasteiger charge is 2.32. The molecule has 37 heavy (non-hydrogen) atoms. The van der Waals surface area contributed by atoms with Crippen molar-refractivity contribution in [3.05, 3.63) is 57.0 Å². The number of nitrogens with zero attached hydrogens (tertiary/aromatic N) is 2. The van der Waals surface area contributed by atoms with Crippen molar-refractivity contribution in [2.75, 3.05) is 30.8 Å². The zero-order valence-corrected chi connectivity index (χ0v) is 24.5. The SMILES string of the molecule is CCC(C(=O)NCC(C)C)N(Cc1cccc(OC)c1)C(=O)CN(c1cc(Cl)c(Cl)cc1Cl)S(C)(=O)=O. The molecule has 8 nitrogen and oxygen atoms in total. The minimum absolute atomic E-state index is 0.00514. The van der Waals surface area contributed by atoms with Gasteiger partial charge < -0.3 is 15.0 Å². The molecule has 1 N–H and O–H groups in total. The van der Waals surface area contributed by atoms with Gasteiger partial charge >= 0.3 is 0 Å². The molecule has 0 bridgehead atoms. The van der Waals surface area contributed by atoms with Crippen molar-refractivity contribution < 1.29 is 22.7 Å². The standard InChI is InChI=1S/C25H32Cl3N3O5S/c1-6-22(25(33)29-13-16(2)3)30(14-17-8-7-9-18(10-17)36-4)24(32)15-31(37(5,34)35)23-12-20(27)19(26)11-21(23)28/h7-12,16,22H,6,13-15H2,1-5H3,(H,29,33). The van der Waals surface area contributed by atoms with Gasteiger partial charge in [-0.3, -0.25) is 13.9 Å². The molecule has 0 fully saturated rings. The topological polar surface area (TPSA) is 96.0 Å². The molecule has 0 saturated carbocycles. The summed E-state index contributed by atoms with van der Waals surface area (Å²) in [6.45, 7) is 5.60. The summed E-state index contributed by atoms with van der Waals surface area (Å²) in [5, 5.41) is 3.10. The minimum Gasteiger partial charge on any atom is -0.497 e. The molecule has 1 unspecified atom stereocenters. The van der Waals surface area contributed by atoms with Gasteiger partial charge in [0.2, 0.25) is 21.8 Å². The third kappa shape index (κ3) is 8.67. The number of hydrogen-bond acceptors (Lipinski definition) is 5. The number of halogens is 3. The van der Waals surface area contributed by atoms with Crippen LogP contribution >= 0.6 is 34.8 Å². The van der Waals surface area contributed by atoms with Gasteiger partial charge in [0.1, 0.15) is 18.3 Å². The number of carbonyl (C=O) groups excluding carboxylic acids is 2. The lowest BCUT2D eigenvalue weighted by Crippen LogP contribution is -2.52. The molecule has 0 aliphatic heterocycles. The van der Waals surface area contributed by atoms with E-state index in [1.54, 1.807) is 31.2 Å². The van der Waals surface area contributed by atoms with Crippen LogP contribution in [0.25, 0.3) is 0 Å². The third-order valence-electron chi connectivity index (χ3n) is 5.50. The first-order valence-corrected chi connectivity index (χ1v) is 14.6. The summed E-state index contributed by atoms with van der Waals surface area (Å²) in [4.78, 5) is 28.2. The van der Waals surface area contributed by atoms with Gasteiger partial charge in [0.05, 0.1) is 34.1 Å². The van der Waals surface area contributed by atoms with E-state index in [1.807, 2.05) is 13.8 Å². The molecular weight excluding hydrogens is 561 g/mol. The summed E-state index contributed by atoms with van der Waals surface area (Å²) >= 11 is 18.4. The van der Waals surface area contributed by atoms with Crippen LogP contribution in [0, 0.1) is 5.92 Å². The van der Waals surface area contributed by atoms with Crippen LogP contribution in [-0.4, -0.2) is 57.6 Å². The normalized spacial score (nSPS) is 12.2. The van der Waals surface area contributed by atoms with E-state index in [4.69, 9.17) is 39.5 Å². The first kappa shape index (κ1) is 31.0. The first-order valence-electron chi connectivity index (χ1n) is 11.6. The molecule has 12 heteroatoms. The fraction of sp³-hybridized carbons (Fsp3) is 0.440. The molecule has 0 heterocycles. The number of rotatable bonds is 12. The molecular formula is C25H32Cl3N3O5S. The van der Waals surface area contributed by atoms with Crippen molar-refractivity contribution in [1.82, 2.24) is 10.2 Å². The molecule has 204 valence electrons. The van der Waals surface area contributed by atoms with Crippen LogP contribution in [0.1, 0.15) is 32.8 Å². The zero-order chi connectivity index (χ0) is 27.9. The van der Waals surface area contributed by atoms with Crippen LogP contribution in [0.3, 0.4) is 0 Å². The van der Waals surface area contributed by atoms with Gasteiger partial charge in [-0.2, -0.15) is 0 Å². The number of methoxy groups -OCH3 is 1. The van der Waals surface area contributed by atoms with E-state index in [-0.39, 0.29) is 39.1 Å². The molecule has 2 aromatic rings. The molecule has 0 saturated heterocycles. The second kappa shape index (κ2) is 13.6. The van der Waals surface area contributed by atoms with Gasteiger partial charge in [0.15, 0.2) is 0 Å². The molecule has 0 aliphatic carbocycles. The molecule has 2 rings (SSSR count). The maximum Gasteiger partial charge on any atom is 0.244 e. The summed E-state index contributed by atoms with van der Waals surface area (Å²) in [7, 11) is -2.45. The van der Waals surface area contributed by atoms with E-state index in [0.29, 0.717) is 24.3 Å². The van der Waals surface area contributed by atoms with Crippen molar-refractivity contribution in [2.45, 2.75) is 39.8 Å². The number of amides is 2. The van der Waals surface area contributed by atoms with Crippen molar-refractivity contribution in [1.29, 1.82) is 0 Å². The monoisotopic (exact) mass is 591 g/mol. The number of nitrogens with one attached hydrogen (secondary N) is 1. The zero-order valence-electron chi connectivity index (χ0n) is 21.4. The molecule has 2 aromatic carbocycles. The number of hydrogen-bond donors (Lipinski definition) is 1. The van der Waals surface area contributed by atoms with Crippen molar-refractivity contribution in [2.24, 2.45) is 5.92 Å². The summed E-state index contributed by atoms with van der Waals surface area (Å²) in [6, 6.07) is 8.85. The van der Waals surface area contributed by atoms with Crippen LogP contribution < -0.4 is 14.4 Å². The second-order valence-corrected chi connectivity index (χ2v) is 12.1. The lowest BCUT2D eigenvalue weighted by atomic mass is 10.1. The second-order valence-electron chi connectivity index (χ2n) is 8.92. The average Bonchev–Trinajstić information content (AvgIpc) is 2.82. The Balaban J connectivity index is 2.50. The Kier molecular flexibility index (Phi) is 11.4. The number of benzene rings is 2. The summed E-state index contributed by atoms with van der Waals surface area (Å²) in [6.07, 6.45) is 1.27. The minimum atomic E-state index is -3.98. The van der Waals surface area contributed by atoms with E-state index < -0.39 is 28.5 Å². The Morgan fingerprint density at radius 1 is 1.05 bits per heavy atom. The van der Waals surface area contributed by atoms with Gasteiger partial charge in [-0.15, -0.1) is 0 Å². The van der Waals surface area contributed by atoms with Crippen LogP contribution in [0.2, 0.25) is 15.1 Å². The Labute approximate surface area is 233 Å². The van der Waals surface area contributed by atoms with Crippen LogP contribution in [0.4, 0.5) is 5.69 Å². The highest BCUT2D eigenvalue weighted by molar-refractivity contribution is 7.92. The fourth-order valence-electron chi connectivity index (χ4n) is 3.61. The van der Waals surface area contributed by atoms with Crippen LogP contribution in [0.5, 0.6) is 5.75 Å². The van der Waals surface area contributed by atoms with Crippen LogP contribution in [-0.2, 0) is 26.2 Å². The van der Waals surface area contributed by atoms with E-state index in [0.717, 1.165) is 10.6 Å². The van der Waals surface area contributed by atoms with Crippen molar-refractivity contribution in [3.63, 3.8) is 0 Å². The van der Waals surface area contributed by atoms with Crippen molar-refractivity contribution in [3.8, 4) is 5.75 Å². The number of sulfonamides is 1. The van der Waals surface area contributed by atoms with E-state index >= 15 is 0 Å². The lowest BCUT2D eigenvalue weighted by molar-refractivity contribution is -0.140. The Hall–Kier alpha value is -2.20. The van der Waals surface area contributed by atoms with Gasteiger partial charge in [0.25, 0.3) is 0 Å². The summed E-state index contributed by atoms with van der Waals surface area (Å²) in [5.41, 5.74) is 0.715. The average molecular weight is 593 g/mol. The summed E-state index contributed by atoms with van der Waals surface area (Å²) < 4.78 is 31.7. The predicted molar refractivity (Wildman–Crippen MR) is 149 cm³/mol. The Morgan fingerprint density at radius 3 is 2.27 bits per heavy atom. The number of anilines is 1. The third-order valence-corrected chi connectivity index (χ3v) is 7.65. The van der Waals surface area contributed by atoms with Gasteiger partial charge in [-0.05, 0) is 42.2 Å².